The Bertz CT molecular complexity index is 539. The Morgan fingerprint density at radius 3 is 2.62 bits per heavy atom. The number of hydrogen-bond acceptors (Lipinski definition) is 3. The third kappa shape index (κ3) is 3.77. The molecule has 21 heavy (non-hydrogen) atoms. The standard InChI is InChI=1S/C13H15F3N2O3/c14-13(15,16)8-2-1-3-9(5-8)18-12(20)7-4-10(11(17)19)21-6-7/h4,6,8-9H,1-3,5H2,(H2,17,19)(H,18,20)/t8-,9+/m0/s1. The topological polar surface area (TPSA) is 85.3 Å². The predicted octanol–water partition coefficient (Wildman–Crippen LogP) is 2.23. The molecule has 1 aromatic heterocycles. The molecule has 0 aromatic carbocycles. The van der Waals surface area contributed by atoms with Gasteiger partial charge in [-0.05, 0) is 19.3 Å². The molecule has 0 radical (unpaired) electrons. The van der Waals surface area contributed by atoms with Gasteiger partial charge in [-0.15, -0.1) is 0 Å². The van der Waals surface area contributed by atoms with E-state index in [-0.39, 0.29) is 24.2 Å². The van der Waals surface area contributed by atoms with Crippen LogP contribution in [0.4, 0.5) is 13.2 Å². The summed E-state index contributed by atoms with van der Waals surface area (Å²) in [6.45, 7) is 0. The normalized spacial score (nSPS) is 22.8. The Morgan fingerprint density at radius 1 is 1.33 bits per heavy atom. The molecule has 3 N–H and O–H groups in total. The number of carbonyl (C=O) groups excluding carboxylic acids is 2. The van der Waals surface area contributed by atoms with Gasteiger partial charge in [0.25, 0.3) is 11.8 Å². The van der Waals surface area contributed by atoms with Crippen LogP contribution in [0.2, 0.25) is 0 Å². The Morgan fingerprint density at radius 2 is 2.05 bits per heavy atom. The first-order chi connectivity index (χ1) is 9.77. The van der Waals surface area contributed by atoms with E-state index in [9.17, 15) is 22.8 Å². The summed E-state index contributed by atoms with van der Waals surface area (Å²) in [5.41, 5.74) is 5.06. The fraction of sp³-hybridized carbons (Fsp3) is 0.538. The maximum atomic E-state index is 12.7. The molecule has 1 aliphatic carbocycles. The summed E-state index contributed by atoms with van der Waals surface area (Å²) in [5, 5.41) is 2.54. The summed E-state index contributed by atoms with van der Waals surface area (Å²) in [6.07, 6.45) is -2.31. The lowest BCUT2D eigenvalue weighted by atomic mass is 9.85. The van der Waals surface area contributed by atoms with Crippen LogP contribution in [0.1, 0.15) is 46.6 Å². The number of halogens is 3. The van der Waals surface area contributed by atoms with Crippen LogP contribution in [0.5, 0.6) is 0 Å². The summed E-state index contributed by atoms with van der Waals surface area (Å²) in [5.74, 6) is -2.94. The van der Waals surface area contributed by atoms with Crippen molar-refractivity contribution in [3.63, 3.8) is 0 Å². The zero-order valence-electron chi connectivity index (χ0n) is 11.1. The number of hydrogen-bond donors (Lipinski definition) is 2. The van der Waals surface area contributed by atoms with Crippen molar-refractivity contribution in [2.75, 3.05) is 0 Å². The van der Waals surface area contributed by atoms with Crippen molar-refractivity contribution in [1.82, 2.24) is 5.32 Å². The first-order valence-electron chi connectivity index (χ1n) is 6.53. The molecule has 1 aromatic rings. The van der Waals surface area contributed by atoms with E-state index in [0.717, 1.165) is 6.26 Å². The predicted molar refractivity (Wildman–Crippen MR) is 66.5 cm³/mol. The minimum atomic E-state index is -4.24. The van der Waals surface area contributed by atoms with Gasteiger partial charge in [0.1, 0.15) is 6.26 Å². The van der Waals surface area contributed by atoms with Crippen LogP contribution in [-0.4, -0.2) is 24.0 Å². The number of primary amides is 1. The maximum Gasteiger partial charge on any atom is 0.391 e. The van der Waals surface area contributed by atoms with E-state index in [1.165, 1.54) is 6.07 Å². The number of furan rings is 1. The van der Waals surface area contributed by atoms with Gasteiger partial charge in [-0.2, -0.15) is 13.2 Å². The highest BCUT2D eigenvalue weighted by Crippen LogP contribution is 2.37. The number of rotatable bonds is 3. The minimum absolute atomic E-state index is 0.0675. The lowest BCUT2D eigenvalue weighted by Gasteiger charge is -2.30. The Kier molecular flexibility index (Phi) is 4.24. The Hall–Kier alpha value is -1.99. The van der Waals surface area contributed by atoms with Crippen molar-refractivity contribution < 1.29 is 27.2 Å². The molecule has 116 valence electrons. The van der Waals surface area contributed by atoms with Crippen molar-refractivity contribution in [2.24, 2.45) is 11.7 Å². The molecule has 1 heterocycles. The van der Waals surface area contributed by atoms with Crippen molar-refractivity contribution >= 4 is 11.8 Å². The quantitative estimate of drug-likeness (QED) is 0.898. The van der Waals surface area contributed by atoms with Gasteiger partial charge in [-0.3, -0.25) is 9.59 Å². The Balaban J connectivity index is 1.97. The first kappa shape index (κ1) is 15.4. The molecule has 1 fully saturated rings. The number of amides is 2. The van der Waals surface area contributed by atoms with Crippen LogP contribution < -0.4 is 11.1 Å². The monoisotopic (exact) mass is 304 g/mol. The summed E-state index contributed by atoms with van der Waals surface area (Å²) >= 11 is 0. The molecule has 0 bridgehead atoms. The highest BCUT2D eigenvalue weighted by atomic mass is 19.4. The van der Waals surface area contributed by atoms with Gasteiger partial charge in [-0.1, -0.05) is 6.42 Å². The molecule has 2 amide bonds. The van der Waals surface area contributed by atoms with Gasteiger partial charge in [-0.25, -0.2) is 0 Å². The van der Waals surface area contributed by atoms with E-state index < -0.39 is 30.0 Å². The average molecular weight is 304 g/mol. The van der Waals surface area contributed by atoms with E-state index in [4.69, 9.17) is 10.2 Å². The fourth-order valence-electron chi connectivity index (χ4n) is 2.47. The number of alkyl halides is 3. The molecule has 5 nitrogen and oxygen atoms in total. The lowest BCUT2D eigenvalue weighted by molar-refractivity contribution is -0.183. The van der Waals surface area contributed by atoms with Gasteiger partial charge in [0.05, 0.1) is 11.5 Å². The Labute approximate surface area is 118 Å². The second kappa shape index (κ2) is 5.79. The maximum absolute atomic E-state index is 12.7. The highest BCUT2D eigenvalue weighted by molar-refractivity contribution is 5.97. The van der Waals surface area contributed by atoms with Gasteiger partial charge in [0.15, 0.2) is 5.76 Å². The average Bonchev–Trinajstić information content (AvgIpc) is 2.88. The van der Waals surface area contributed by atoms with E-state index in [1.54, 1.807) is 0 Å². The van der Waals surface area contributed by atoms with E-state index in [1.807, 2.05) is 0 Å². The van der Waals surface area contributed by atoms with E-state index in [2.05, 4.69) is 5.32 Å². The van der Waals surface area contributed by atoms with Crippen molar-refractivity contribution in [3.05, 3.63) is 23.7 Å². The van der Waals surface area contributed by atoms with Crippen molar-refractivity contribution in [1.29, 1.82) is 0 Å². The molecule has 2 rings (SSSR count). The molecule has 0 unspecified atom stereocenters. The van der Waals surface area contributed by atoms with Crippen LogP contribution in [0.25, 0.3) is 0 Å². The molecule has 0 saturated heterocycles. The lowest BCUT2D eigenvalue weighted by Crippen LogP contribution is -2.41. The van der Waals surface area contributed by atoms with Crippen molar-refractivity contribution in [3.8, 4) is 0 Å². The van der Waals surface area contributed by atoms with Crippen LogP contribution in [0.15, 0.2) is 16.7 Å². The highest BCUT2D eigenvalue weighted by Gasteiger charge is 2.42. The number of carbonyl (C=O) groups is 2. The fourth-order valence-corrected chi connectivity index (χ4v) is 2.47. The summed E-state index contributed by atoms with van der Waals surface area (Å²) < 4.78 is 42.9. The SMILES string of the molecule is NC(=O)c1cc(C(=O)N[C@@H]2CCC[C@H](C(F)(F)F)C2)co1. The van der Waals surface area contributed by atoms with Gasteiger partial charge >= 0.3 is 6.18 Å². The van der Waals surface area contributed by atoms with Gasteiger partial charge in [0, 0.05) is 12.1 Å². The minimum Gasteiger partial charge on any atom is -0.458 e. The van der Waals surface area contributed by atoms with E-state index in [0.29, 0.717) is 12.8 Å². The zero-order chi connectivity index (χ0) is 15.6. The largest absolute Gasteiger partial charge is 0.458 e. The van der Waals surface area contributed by atoms with Crippen molar-refractivity contribution in [2.45, 2.75) is 37.9 Å². The molecule has 2 atom stereocenters. The molecular weight excluding hydrogens is 289 g/mol. The van der Waals surface area contributed by atoms with E-state index >= 15 is 0 Å². The summed E-state index contributed by atoms with van der Waals surface area (Å²) in [4.78, 5) is 22.8. The van der Waals surface area contributed by atoms with Crippen LogP contribution in [0.3, 0.4) is 0 Å². The second-order valence-electron chi connectivity index (χ2n) is 5.14. The van der Waals surface area contributed by atoms with Gasteiger partial charge < -0.3 is 15.5 Å². The number of nitrogens with two attached hydrogens (primary N) is 1. The summed E-state index contributed by atoms with van der Waals surface area (Å²) in [7, 11) is 0. The third-order valence-electron chi connectivity index (χ3n) is 3.58. The molecule has 8 heteroatoms. The van der Waals surface area contributed by atoms with Crippen LogP contribution in [-0.2, 0) is 0 Å². The third-order valence-corrected chi connectivity index (χ3v) is 3.58. The zero-order valence-corrected chi connectivity index (χ0v) is 11.1. The first-order valence-corrected chi connectivity index (χ1v) is 6.53. The van der Waals surface area contributed by atoms with Crippen LogP contribution >= 0.6 is 0 Å². The molecule has 0 aliphatic heterocycles. The molecular formula is C13H15F3N2O3. The molecule has 1 saturated carbocycles. The number of nitrogens with one attached hydrogen (secondary N) is 1. The second-order valence-corrected chi connectivity index (χ2v) is 5.14. The van der Waals surface area contributed by atoms with Gasteiger partial charge in [0.2, 0.25) is 0 Å². The smallest absolute Gasteiger partial charge is 0.391 e. The van der Waals surface area contributed by atoms with Crippen LogP contribution in [0, 0.1) is 5.92 Å². The molecule has 0 spiro atoms. The summed E-state index contributed by atoms with van der Waals surface area (Å²) in [6, 6.07) is 0.631. The molecule has 1 aliphatic rings.